The van der Waals surface area contributed by atoms with Crippen molar-refractivity contribution in [2.45, 2.75) is 39.5 Å². The van der Waals surface area contributed by atoms with Crippen LogP contribution in [0, 0.1) is 5.92 Å². The summed E-state index contributed by atoms with van der Waals surface area (Å²) in [6.07, 6.45) is 4.79. The number of nitrogens with one attached hydrogen (secondary N) is 1. The predicted molar refractivity (Wildman–Crippen MR) is 81.4 cm³/mol. The van der Waals surface area contributed by atoms with Crippen LogP contribution in [0.15, 0.2) is 24.3 Å². The number of carbonyl (C=O) groups is 1. The van der Waals surface area contributed by atoms with Gasteiger partial charge in [0.25, 0.3) is 0 Å². The van der Waals surface area contributed by atoms with Gasteiger partial charge in [-0.05, 0) is 30.7 Å². The molecule has 0 radical (unpaired) electrons. The molecular weight excluding hydrogens is 254 g/mol. The summed E-state index contributed by atoms with van der Waals surface area (Å²) >= 11 is 0. The van der Waals surface area contributed by atoms with Gasteiger partial charge >= 0.3 is 5.97 Å². The molecule has 0 saturated heterocycles. The molecule has 112 valence electrons. The van der Waals surface area contributed by atoms with Crippen molar-refractivity contribution in [3.05, 3.63) is 24.3 Å². The summed E-state index contributed by atoms with van der Waals surface area (Å²) in [7, 11) is 0. The molecule has 0 saturated carbocycles. The summed E-state index contributed by atoms with van der Waals surface area (Å²) in [4.78, 5) is 10.7. The lowest BCUT2D eigenvalue weighted by molar-refractivity contribution is -0.140. The van der Waals surface area contributed by atoms with E-state index in [0.717, 1.165) is 24.5 Å². The fourth-order valence-corrected chi connectivity index (χ4v) is 1.75. The predicted octanol–water partition coefficient (Wildman–Crippen LogP) is 3.78. The first kappa shape index (κ1) is 16.3. The largest absolute Gasteiger partial charge is 0.494 e. The minimum Gasteiger partial charge on any atom is -0.494 e. The van der Waals surface area contributed by atoms with Crippen LogP contribution in [0.2, 0.25) is 0 Å². The average molecular weight is 279 g/mol. The lowest BCUT2D eigenvalue weighted by Gasteiger charge is -2.11. The average Bonchev–Trinajstić information content (AvgIpc) is 2.45. The first-order valence-corrected chi connectivity index (χ1v) is 7.33. The minimum atomic E-state index is -0.787. The Morgan fingerprint density at radius 1 is 1.25 bits per heavy atom. The van der Waals surface area contributed by atoms with Gasteiger partial charge < -0.3 is 15.2 Å². The number of carboxylic acid groups (broad SMARTS) is 1. The van der Waals surface area contributed by atoms with Crippen LogP contribution in [-0.4, -0.2) is 24.2 Å². The van der Waals surface area contributed by atoms with E-state index in [1.807, 2.05) is 24.3 Å². The zero-order valence-electron chi connectivity index (χ0n) is 12.4. The molecule has 4 heteroatoms. The minimum absolute atomic E-state index is 0.399. The van der Waals surface area contributed by atoms with Gasteiger partial charge in [0.15, 0.2) is 0 Å². The van der Waals surface area contributed by atoms with Gasteiger partial charge in [-0.2, -0.15) is 0 Å². The quantitative estimate of drug-likeness (QED) is 0.640. The van der Waals surface area contributed by atoms with Gasteiger partial charge in [-0.25, -0.2) is 0 Å². The summed E-state index contributed by atoms with van der Waals surface area (Å²) in [6, 6.07) is 7.65. The third-order valence-electron chi connectivity index (χ3n) is 3.15. The van der Waals surface area contributed by atoms with Crippen LogP contribution in [0.4, 0.5) is 5.69 Å². The van der Waals surface area contributed by atoms with Crippen LogP contribution in [0.5, 0.6) is 5.75 Å². The molecule has 0 aliphatic heterocycles. The number of carboxylic acids is 1. The summed E-state index contributed by atoms with van der Waals surface area (Å²) in [5.74, 6) is -0.327. The SMILES string of the molecule is CCCCCCOc1ccc(NCC(C)C(=O)O)cc1. The van der Waals surface area contributed by atoms with E-state index in [0.29, 0.717) is 6.54 Å². The van der Waals surface area contributed by atoms with Gasteiger partial charge in [0.1, 0.15) is 5.75 Å². The molecule has 1 unspecified atom stereocenters. The Labute approximate surface area is 121 Å². The number of ether oxygens (including phenoxy) is 1. The van der Waals surface area contributed by atoms with Crippen LogP contribution < -0.4 is 10.1 Å². The molecule has 0 bridgehead atoms. The van der Waals surface area contributed by atoms with Gasteiger partial charge in [0.05, 0.1) is 12.5 Å². The van der Waals surface area contributed by atoms with Crippen molar-refractivity contribution >= 4 is 11.7 Å². The second kappa shape index (κ2) is 9.23. The second-order valence-electron chi connectivity index (χ2n) is 5.05. The molecule has 1 rings (SSSR count). The van der Waals surface area contributed by atoms with Gasteiger partial charge in [-0.3, -0.25) is 4.79 Å². The Kier molecular flexibility index (Phi) is 7.55. The Morgan fingerprint density at radius 3 is 2.55 bits per heavy atom. The molecule has 0 aliphatic rings. The normalized spacial score (nSPS) is 11.9. The number of hydrogen-bond acceptors (Lipinski definition) is 3. The monoisotopic (exact) mass is 279 g/mol. The lowest BCUT2D eigenvalue weighted by atomic mass is 10.2. The number of anilines is 1. The summed E-state index contributed by atoms with van der Waals surface area (Å²) in [6.45, 7) is 5.05. The Balaban J connectivity index is 2.27. The van der Waals surface area contributed by atoms with Crippen molar-refractivity contribution in [3.63, 3.8) is 0 Å². The Hall–Kier alpha value is -1.71. The van der Waals surface area contributed by atoms with Crippen LogP contribution >= 0.6 is 0 Å². The van der Waals surface area contributed by atoms with E-state index in [1.165, 1.54) is 19.3 Å². The summed E-state index contributed by atoms with van der Waals surface area (Å²) in [5.41, 5.74) is 0.913. The molecule has 0 fully saturated rings. The molecule has 0 heterocycles. The van der Waals surface area contributed by atoms with E-state index in [-0.39, 0.29) is 0 Å². The van der Waals surface area contributed by atoms with Gasteiger partial charge in [-0.15, -0.1) is 0 Å². The fourth-order valence-electron chi connectivity index (χ4n) is 1.75. The number of rotatable bonds is 10. The highest BCUT2D eigenvalue weighted by Gasteiger charge is 2.09. The highest BCUT2D eigenvalue weighted by molar-refractivity contribution is 5.70. The number of benzene rings is 1. The fraction of sp³-hybridized carbons (Fsp3) is 0.562. The molecule has 2 N–H and O–H groups in total. The van der Waals surface area contributed by atoms with E-state index in [4.69, 9.17) is 9.84 Å². The number of unbranched alkanes of at least 4 members (excludes halogenated alkanes) is 3. The summed E-state index contributed by atoms with van der Waals surface area (Å²) < 4.78 is 5.65. The van der Waals surface area contributed by atoms with Crippen molar-refractivity contribution in [1.29, 1.82) is 0 Å². The molecule has 1 aromatic carbocycles. The first-order chi connectivity index (χ1) is 9.63. The second-order valence-corrected chi connectivity index (χ2v) is 5.05. The molecule has 1 atom stereocenters. The van der Waals surface area contributed by atoms with E-state index >= 15 is 0 Å². The molecule has 4 nitrogen and oxygen atoms in total. The van der Waals surface area contributed by atoms with Crippen molar-refractivity contribution in [3.8, 4) is 5.75 Å². The maximum absolute atomic E-state index is 10.7. The third kappa shape index (κ3) is 6.45. The van der Waals surface area contributed by atoms with Crippen LogP contribution in [0.3, 0.4) is 0 Å². The van der Waals surface area contributed by atoms with Crippen LogP contribution in [0.25, 0.3) is 0 Å². The van der Waals surface area contributed by atoms with Crippen molar-refractivity contribution in [2.24, 2.45) is 5.92 Å². The van der Waals surface area contributed by atoms with E-state index < -0.39 is 11.9 Å². The molecule has 0 aliphatic carbocycles. The van der Waals surface area contributed by atoms with Crippen LogP contribution in [0.1, 0.15) is 39.5 Å². The topological polar surface area (TPSA) is 58.6 Å². The third-order valence-corrected chi connectivity index (χ3v) is 3.15. The zero-order valence-corrected chi connectivity index (χ0v) is 12.4. The maximum Gasteiger partial charge on any atom is 0.308 e. The van der Waals surface area contributed by atoms with Crippen molar-refractivity contribution < 1.29 is 14.6 Å². The Morgan fingerprint density at radius 2 is 1.95 bits per heavy atom. The molecule has 0 amide bonds. The number of hydrogen-bond donors (Lipinski definition) is 2. The highest BCUT2D eigenvalue weighted by Crippen LogP contribution is 2.16. The molecule has 20 heavy (non-hydrogen) atoms. The maximum atomic E-state index is 10.7. The lowest BCUT2D eigenvalue weighted by Crippen LogP contribution is -2.19. The molecule has 0 aromatic heterocycles. The standard InChI is InChI=1S/C16H25NO3/c1-3-4-5-6-11-20-15-9-7-14(8-10-15)17-12-13(2)16(18)19/h7-10,13,17H,3-6,11-12H2,1-2H3,(H,18,19). The number of aliphatic carboxylic acids is 1. The van der Waals surface area contributed by atoms with Crippen molar-refractivity contribution in [1.82, 2.24) is 0 Å². The van der Waals surface area contributed by atoms with E-state index in [1.54, 1.807) is 6.92 Å². The molecule has 0 spiro atoms. The van der Waals surface area contributed by atoms with Crippen molar-refractivity contribution in [2.75, 3.05) is 18.5 Å². The summed E-state index contributed by atoms with van der Waals surface area (Å²) in [5, 5.41) is 11.9. The van der Waals surface area contributed by atoms with Gasteiger partial charge in [0, 0.05) is 12.2 Å². The van der Waals surface area contributed by atoms with E-state index in [9.17, 15) is 4.79 Å². The van der Waals surface area contributed by atoms with E-state index in [2.05, 4.69) is 12.2 Å². The molecular formula is C16H25NO3. The van der Waals surface area contributed by atoms with Gasteiger partial charge in [0.2, 0.25) is 0 Å². The first-order valence-electron chi connectivity index (χ1n) is 7.33. The Bertz CT molecular complexity index is 389. The zero-order chi connectivity index (χ0) is 14.8. The highest BCUT2D eigenvalue weighted by atomic mass is 16.5. The smallest absolute Gasteiger partial charge is 0.308 e. The van der Waals surface area contributed by atoms with Crippen LogP contribution in [-0.2, 0) is 4.79 Å². The molecule has 1 aromatic rings. The van der Waals surface area contributed by atoms with Gasteiger partial charge in [-0.1, -0.05) is 33.1 Å².